The molecule has 25 heavy (non-hydrogen) atoms. The van der Waals surface area contributed by atoms with Gasteiger partial charge in [0.25, 0.3) is 5.91 Å². The Morgan fingerprint density at radius 2 is 2.00 bits per heavy atom. The van der Waals surface area contributed by atoms with E-state index < -0.39 is 17.6 Å². The quantitative estimate of drug-likeness (QED) is 0.754. The van der Waals surface area contributed by atoms with Crippen LogP contribution in [0.25, 0.3) is 0 Å². The van der Waals surface area contributed by atoms with Gasteiger partial charge in [0.05, 0.1) is 0 Å². The predicted molar refractivity (Wildman–Crippen MR) is 98.0 cm³/mol. The number of benzene rings is 1. The summed E-state index contributed by atoms with van der Waals surface area (Å²) in [6.07, 6.45) is 3.50. The van der Waals surface area contributed by atoms with Crippen LogP contribution in [0.15, 0.2) is 28.7 Å². The Bertz CT molecular complexity index is 706. The smallest absolute Gasteiger partial charge is 0.324 e. The summed E-state index contributed by atoms with van der Waals surface area (Å²) in [5.74, 6) is -0.584. The van der Waals surface area contributed by atoms with Crippen LogP contribution in [0.1, 0.15) is 39.5 Å². The lowest BCUT2D eigenvalue weighted by molar-refractivity contribution is -0.138. The highest BCUT2D eigenvalue weighted by atomic mass is 79.9. The van der Waals surface area contributed by atoms with Gasteiger partial charge in [0.15, 0.2) is 0 Å². The Morgan fingerprint density at radius 1 is 1.32 bits per heavy atom. The summed E-state index contributed by atoms with van der Waals surface area (Å²) in [4.78, 5) is 39.1. The lowest BCUT2D eigenvalue weighted by Gasteiger charge is -2.37. The first-order valence-electron chi connectivity index (χ1n) is 8.57. The highest BCUT2D eigenvalue weighted by Gasteiger charge is 2.56. The molecule has 2 fully saturated rings. The van der Waals surface area contributed by atoms with E-state index in [0.29, 0.717) is 12.1 Å². The minimum absolute atomic E-state index is 0.0736. The van der Waals surface area contributed by atoms with Gasteiger partial charge in [0, 0.05) is 10.2 Å². The molecule has 6 nitrogen and oxygen atoms in total. The van der Waals surface area contributed by atoms with E-state index in [1.54, 1.807) is 19.1 Å². The molecule has 7 heteroatoms. The molecule has 134 valence electrons. The number of rotatable bonds is 3. The maximum absolute atomic E-state index is 13.0. The van der Waals surface area contributed by atoms with Crippen molar-refractivity contribution in [1.82, 2.24) is 10.2 Å². The zero-order chi connectivity index (χ0) is 18.2. The Hall–Kier alpha value is -1.89. The molecule has 4 amide bonds. The fraction of sp³-hybridized carbons (Fsp3) is 0.500. The second-order valence-electron chi connectivity index (χ2n) is 6.90. The summed E-state index contributed by atoms with van der Waals surface area (Å²) in [7, 11) is 0. The van der Waals surface area contributed by atoms with Crippen LogP contribution >= 0.6 is 15.9 Å². The number of amides is 4. The zero-order valence-electron chi connectivity index (χ0n) is 14.3. The van der Waals surface area contributed by atoms with Gasteiger partial charge in [-0.3, -0.25) is 9.59 Å². The summed E-state index contributed by atoms with van der Waals surface area (Å²) < 4.78 is 0.904. The highest BCUT2D eigenvalue weighted by molar-refractivity contribution is 9.10. The van der Waals surface area contributed by atoms with E-state index in [2.05, 4.69) is 26.6 Å². The number of hydrogen-bond donors (Lipinski definition) is 2. The minimum atomic E-state index is -0.871. The van der Waals surface area contributed by atoms with Crippen LogP contribution in [0.5, 0.6) is 0 Å². The Morgan fingerprint density at radius 3 is 2.64 bits per heavy atom. The molecule has 0 unspecified atom stereocenters. The molecule has 1 aliphatic heterocycles. The van der Waals surface area contributed by atoms with Crippen LogP contribution in [-0.4, -0.2) is 34.3 Å². The largest absolute Gasteiger partial charge is 0.325 e. The molecule has 1 heterocycles. The number of hydrogen-bond acceptors (Lipinski definition) is 3. The van der Waals surface area contributed by atoms with Crippen molar-refractivity contribution in [2.75, 3.05) is 5.32 Å². The monoisotopic (exact) mass is 407 g/mol. The molecule has 2 aliphatic rings. The molecular formula is C18H22BrN3O3. The fourth-order valence-corrected chi connectivity index (χ4v) is 3.98. The topological polar surface area (TPSA) is 78.5 Å². The second kappa shape index (κ2) is 6.78. The van der Waals surface area contributed by atoms with E-state index in [1.165, 1.54) is 0 Å². The molecule has 0 bridgehead atoms. The van der Waals surface area contributed by atoms with Crippen molar-refractivity contribution in [3.63, 3.8) is 0 Å². The average molecular weight is 408 g/mol. The highest BCUT2D eigenvalue weighted by Crippen LogP contribution is 2.38. The van der Waals surface area contributed by atoms with E-state index in [1.807, 2.05) is 19.1 Å². The van der Waals surface area contributed by atoms with Gasteiger partial charge in [-0.25, -0.2) is 9.69 Å². The van der Waals surface area contributed by atoms with Crippen molar-refractivity contribution in [2.24, 2.45) is 5.92 Å². The Kier molecular flexibility index (Phi) is 4.86. The van der Waals surface area contributed by atoms with Gasteiger partial charge >= 0.3 is 6.03 Å². The molecule has 1 spiro atoms. The molecule has 3 atom stereocenters. The maximum Gasteiger partial charge on any atom is 0.325 e. The number of urea groups is 1. The fourth-order valence-electron chi connectivity index (χ4n) is 3.71. The van der Waals surface area contributed by atoms with Gasteiger partial charge in [-0.2, -0.15) is 0 Å². The molecule has 1 aliphatic carbocycles. The van der Waals surface area contributed by atoms with Gasteiger partial charge in [-0.05, 0) is 49.9 Å². The van der Waals surface area contributed by atoms with Crippen LogP contribution in [0.3, 0.4) is 0 Å². The first kappa shape index (κ1) is 17.9. The molecule has 0 aromatic heterocycles. The summed E-state index contributed by atoms with van der Waals surface area (Å²) in [6.45, 7) is 3.57. The number of carbonyl (C=O) groups is 3. The van der Waals surface area contributed by atoms with Crippen LogP contribution < -0.4 is 10.6 Å². The van der Waals surface area contributed by atoms with Crippen molar-refractivity contribution in [2.45, 2.75) is 51.1 Å². The maximum atomic E-state index is 13.0. The van der Waals surface area contributed by atoms with Crippen LogP contribution in [0.2, 0.25) is 0 Å². The van der Waals surface area contributed by atoms with Gasteiger partial charge in [-0.15, -0.1) is 0 Å². The number of halogens is 1. The lowest BCUT2D eigenvalue weighted by atomic mass is 9.73. The number of nitrogens with zero attached hydrogens (tertiary/aromatic N) is 1. The van der Waals surface area contributed by atoms with E-state index in [9.17, 15) is 14.4 Å². The van der Waals surface area contributed by atoms with Crippen LogP contribution in [0, 0.1) is 5.92 Å². The number of anilines is 1. The molecule has 1 saturated carbocycles. The third kappa shape index (κ3) is 3.17. The standard InChI is InChI=1S/C18H22BrN3O3/c1-11-5-3-4-10-18(11)16(24)22(17(25)21-18)12(2)15(23)20-14-8-6-13(19)7-9-14/h6-9,11-12H,3-5,10H2,1-2H3,(H,20,23)(H,21,25)/t11-,12-,18+/m0/s1. The average Bonchev–Trinajstić information content (AvgIpc) is 2.83. The number of carbonyl (C=O) groups excluding carboxylic acids is 3. The Labute approximate surface area is 155 Å². The lowest BCUT2D eigenvalue weighted by Crippen LogP contribution is -2.54. The molecule has 0 radical (unpaired) electrons. The molecule has 3 rings (SSSR count). The third-order valence-electron chi connectivity index (χ3n) is 5.33. The van der Waals surface area contributed by atoms with Crippen LogP contribution in [-0.2, 0) is 9.59 Å². The van der Waals surface area contributed by atoms with Crippen molar-refractivity contribution < 1.29 is 14.4 Å². The van der Waals surface area contributed by atoms with E-state index in [-0.39, 0.29) is 17.7 Å². The summed E-state index contributed by atoms with van der Waals surface area (Å²) in [5.41, 5.74) is -0.227. The summed E-state index contributed by atoms with van der Waals surface area (Å²) >= 11 is 3.34. The van der Waals surface area contributed by atoms with E-state index in [4.69, 9.17) is 0 Å². The number of imide groups is 1. The van der Waals surface area contributed by atoms with Gasteiger partial charge in [0.2, 0.25) is 5.91 Å². The first-order chi connectivity index (χ1) is 11.8. The van der Waals surface area contributed by atoms with Gasteiger partial charge in [0.1, 0.15) is 11.6 Å². The molecule has 1 saturated heterocycles. The van der Waals surface area contributed by atoms with Crippen molar-refractivity contribution in [3.8, 4) is 0 Å². The van der Waals surface area contributed by atoms with Gasteiger partial charge < -0.3 is 10.6 Å². The van der Waals surface area contributed by atoms with Crippen LogP contribution in [0.4, 0.5) is 10.5 Å². The first-order valence-corrected chi connectivity index (χ1v) is 9.36. The molecule has 1 aromatic carbocycles. The predicted octanol–water partition coefficient (Wildman–Crippen LogP) is 3.28. The molecular weight excluding hydrogens is 386 g/mol. The van der Waals surface area contributed by atoms with E-state index in [0.717, 1.165) is 28.6 Å². The SMILES string of the molecule is C[C@@H](C(=O)Nc1ccc(Br)cc1)N1C(=O)N[C@@]2(CCCC[C@@H]2C)C1=O. The molecule has 1 aromatic rings. The summed E-state index contributed by atoms with van der Waals surface area (Å²) in [6, 6.07) is 5.79. The van der Waals surface area contributed by atoms with Crippen molar-refractivity contribution in [1.29, 1.82) is 0 Å². The summed E-state index contributed by atoms with van der Waals surface area (Å²) in [5, 5.41) is 5.63. The third-order valence-corrected chi connectivity index (χ3v) is 5.86. The van der Waals surface area contributed by atoms with Gasteiger partial charge in [-0.1, -0.05) is 35.7 Å². The number of nitrogens with one attached hydrogen (secondary N) is 2. The molecule has 2 N–H and O–H groups in total. The van der Waals surface area contributed by atoms with Crippen molar-refractivity contribution in [3.05, 3.63) is 28.7 Å². The minimum Gasteiger partial charge on any atom is -0.324 e. The zero-order valence-corrected chi connectivity index (χ0v) is 15.9. The Balaban J connectivity index is 1.76. The second-order valence-corrected chi connectivity index (χ2v) is 7.81. The van der Waals surface area contributed by atoms with Crippen molar-refractivity contribution >= 4 is 39.5 Å². The normalized spacial score (nSPS) is 27.3. The van der Waals surface area contributed by atoms with E-state index >= 15 is 0 Å².